The first-order valence-corrected chi connectivity index (χ1v) is 11.0. The summed E-state index contributed by atoms with van der Waals surface area (Å²) in [7, 11) is 0. The second kappa shape index (κ2) is 9.43. The van der Waals surface area contributed by atoms with Crippen LogP contribution in [0.3, 0.4) is 0 Å². The van der Waals surface area contributed by atoms with E-state index < -0.39 is 11.7 Å². The number of halogens is 3. The Bertz CT molecular complexity index is 1100. The van der Waals surface area contributed by atoms with Crippen LogP contribution in [-0.2, 0) is 17.4 Å². The van der Waals surface area contributed by atoms with Gasteiger partial charge in [0.25, 0.3) is 0 Å². The van der Waals surface area contributed by atoms with Crippen molar-refractivity contribution in [3.8, 4) is 5.69 Å². The van der Waals surface area contributed by atoms with Gasteiger partial charge < -0.3 is 9.73 Å². The lowest BCUT2D eigenvalue weighted by molar-refractivity contribution is -0.137. The molecule has 1 N–H and O–H groups in total. The molecule has 4 rings (SSSR count). The summed E-state index contributed by atoms with van der Waals surface area (Å²) in [6, 6.07) is 8.75. The standard InChI is InChI=1S/C24H27F3N4O2/c1-16-20(17(2)31(29-16)19-8-5-7-18(13-19)24(25,26)27)14-23(32)28-15-21(22-9-6-12-33-22)30-10-3-4-11-30/h5-9,12-13,21H,3-4,10-11,14-15H2,1-2H3,(H,28,32). The van der Waals surface area contributed by atoms with Gasteiger partial charge in [-0.2, -0.15) is 18.3 Å². The first-order valence-electron chi connectivity index (χ1n) is 11.0. The van der Waals surface area contributed by atoms with E-state index in [-0.39, 0.29) is 18.4 Å². The number of benzene rings is 1. The normalized spacial score (nSPS) is 15.7. The number of nitrogens with zero attached hydrogens (tertiary/aromatic N) is 3. The molecule has 0 aliphatic carbocycles. The highest BCUT2D eigenvalue weighted by Gasteiger charge is 2.31. The van der Waals surface area contributed by atoms with Gasteiger partial charge in [-0.15, -0.1) is 0 Å². The SMILES string of the molecule is Cc1nn(-c2cccc(C(F)(F)F)c2)c(C)c1CC(=O)NCC(c1ccco1)N1CCCC1. The third kappa shape index (κ3) is 5.13. The van der Waals surface area contributed by atoms with Crippen LogP contribution < -0.4 is 5.32 Å². The van der Waals surface area contributed by atoms with Gasteiger partial charge in [0.15, 0.2) is 0 Å². The van der Waals surface area contributed by atoms with Gasteiger partial charge in [-0.25, -0.2) is 4.68 Å². The fraction of sp³-hybridized carbons (Fsp3) is 0.417. The van der Waals surface area contributed by atoms with E-state index in [2.05, 4.69) is 15.3 Å². The van der Waals surface area contributed by atoms with Crippen molar-refractivity contribution in [1.82, 2.24) is 20.0 Å². The summed E-state index contributed by atoms with van der Waals surface area (Å²) in [5.41, 5.74) is 1.54. The summed E-state index contributed by atoms with van der Waals surface area (Å²) in [4.78, 5) is 15.1. The summed E-state index contributed by atoms with van der Waals surface area (Å²) >= 11 is 0. The maximum absolute atomic E-state index is 13.1. The second-order valence-electron chi connectivity index (χ2n) is 8.36. The summed E-state index contributed by atoms with van der Waals surface area (Å²) in [5.74, 6) is 0.655. The van der Waals surface area contributed by atoms with Crippen molar-refractivity contribution in [2.24, 2.45) is 0 Å². The number of hydrogen-bond acceptors (Lipinski definition) is 4. The fourth-order valence-corrected chi connectivity index (χ4v) is 4.37. The molecule has 2 aromatic heterocycles. The van der Waals surface area contributed by atoms with Crippen molar-refractivity contribution < 1.29 is 22.4 Å². The van der Waals surface area contributed by atoms with Gasteiger partial charge in [-0.05, 0) is 70.1 Å². The number of aryl methyl sites for hydroxylation is 1. The first kappa shape index (κ1) is 23.1. The Morgan fingerprint density at radius 3 is 2.61 bits per heavy atom. The van der Waals surface area contributed by atoms with Crippen LogP contribution in [0.1, 0.15) is 47.2 Å². The fourth-order valence-electron chi connectivity index (χ4n) is 4.37. The molecule has 1 fully saturated rings. The molecule has 0 saturated carbocycles. The molecule has 6 nitrogen and oxygen atoms in total. The van der Waals surface area contributed by atoms with Gasteiger partial charge in [0, 0.05) is 17.8 Å². The molecular weight excluding hydrogens is 433 g/mol. The van der Waals surface area contributed by atoms with Crippen molar-refractivity contribution in [3.05, 3.63) is 70.9 Å². The predicted molar refractivity (Wildman–Crippen MR) is 117 cm³/mol. The Hall–Kier alpha value is -3.07. The number of likely N-dealkylation sites (tertiary alicyclic amines) is 1. The monoisotopic (exact) mass is 460 g/mol. The minimum Gasteiger partial charge on any atom is -0.468 e. The van der Waals surface area contributed by atoms with E-state index in [1.165, 1.54) is 10.7 Å². The average molecular weight is 461 g/mol. The molecule has 9 heteroatoms. The van der Waals surface area contributed by atoms with Gasteiger partial charge >= 0.3 is 6.18 Å². The zero-order valence-corrected chi connectivity index (χ0v) is 18.7. The number of carbonyl (C=O) groups is 1. The van der Waals surface area contributed by atoms with Crippen LogP contribution in [0.2, 0.25) is 0 Å². The number of furan rings is 1. The maximum Gasteiger partial charge on any atom is 0.416 e. The number of aromatic nitrogens is 2. The summed E-state index contributed by atoms with van der Waals surface area (Å²) in [6.45, 7) is 5.87. The molecule has 0 spiro atoms. The summed E-state index contributed by atoms with van der Waals surface area (Å²) in [5, 5.41) is 7.40. The molecule has 0 radical (unpaired) electrons. The van der Waals surface area contributed by atoms with Crippen LogP contribution in [0.15, 0.2) is 47.1 Å². The van der Waals surface area contributed by atoms with Gasteiger partial charge in [-0.1, -0.05) is 6.07 Å². The van der Waals surface area contributed by atoms with E-state index >= 15 is 0 Å². The van der Waals surface area contributed by atoms with Gasteiger partial charge in [0.2, 0.25) is 5.91 Å². The lowest BCUT2D eigenvalue weighted by atomic mass is 10.1. The van der Waals surface area contributed by atoms with Crippen molar-refractivity contribution >= 4 is 5.91 Å². The van der Waals surface area contributed by atoms with Crippen molar-refractivity contribution in [3.63, 3.8) is 0 Å². The topological polar surface area (TPSA) is 63.3 Å². The molecule has 1 aliphatic heterocycles. The number of alkyl halides is 3. The maximum atomic E-state index is 13.1. The van der Waals surface area contributed by atoms with Crippen molar-refractivity contribution in [2.45, 2.75) is 45.3 Å². The number of amides is 1. The van der Waals surface area contributed by atoms with E-state index in [4.69, 9.17) is 4.42 Å². The number of nitrogens with one attached hydrogen (secondary N) is 1. The molecule has 1 amide bonds. The number of hydrogen-bond donors (Lipinski definition) is 1. The zero-order valence-electron chi connectivity index (χ0n) is 18.7. The van der Waals surface area contributed by atoms with Crippen LogP contribution in [0, 0.1) is 13.8 Å². The first-order chi connectivity index (χ1) is 15.7. The molecule has 3 heterocycles. The van der Waals surface area contributed by atoms with Crippen LogP contribution in [0.5, 0.6) is 0 Å². The van der Waals surface area contributed by atoms with Gasteiger partial charge in [0.1, 0.15) is 5.76 Å². The highest BCUT2D eigenvalue weighted by Crippen LogP contribution is 2.31. The highest BCUT2D eigenvalue weighted by atomic mass is 19.4. The molecule has 1 atom stereocenters. The van der Waals surface area contributed by atoms with Crippen LogP contribution in [0.25, 0.3) is 5.69 Å². The molecule has 33 heavy (non-hydrogen) atoms. The highest BCUT2D eigenvalue weighted by molar-refractivity contribution is 5.79. The largest absolute Gasteiger partial charge is 0.468 e. The van der Waals surface area contributed by atoms with E-state index in [0.29, 0.717) is 29.2 Å². The predicted octanol–water partition coefficient (Wildman–Crippen LogP) is 4.60. The van der Waals surface area contributed by atoms with E-state index in [9.17, 15) is 18.0 Å². The van der Waals surface area contributed by atoms with Crippen molar-refractivity contribution in [1.29, 1.82) is 0 Å². The number of rotatable bonds is 7. The average Bonchev–Trinajstić information content (AvgIpc) is 3.54. The lowest BCUT2D eigenvalue weighted by Gasteiger charge is -2.26. The Morgan fingerprint density at radius 1 is 1.18 bits per heavy atom. The molecule has 176 valence electrons. The molecule has 0 bridgehead atoms. The van der Waals surface area contributed by atoms with E-state index in [0.717, 1.165) is 43.8 Å². The summed E-state index contributed by atoms with van der Waals surface area (Å²) in [6.07, 6.45) is -0.456. The van der Waals surface area contributed by atoms with Gasteiger partial charge in [-0.3, -0.25) is 9.69 Å². The smallest absolute Gasteiger partial charge is 0.416 e. The molecular formula is C24H27F3N4O2. The Balaban J connectivity index is 1.47. The quantitative estimate of drug-likeness (QED) is 0.560. The lowest BCUT2D eigenvalue weighted by Crippen LogP contribution is -2.37. The third-order valence-corrected chi connectivity index (χ3v) is 6.14. The Labute approximate surface area is 190 Å². The minimum atomic E-state index is -4.44. The Morgan fingerprint density at radius 2 is 1.94 bits per heavy atom. The molecule has 1 saturated heterocycles. The summed E-state index contributed by atoms with van der Waals surface area (Å²) < 4.78 is 46.4. The van der Waals surface area contributed by atoms with Crippen LogP contribution in [-0.4, -0.2) is 40.2 Å². The molecule has 1 aliphatic rings. The molecule has 1 aromatic carbocycles. The van der Waals surface area contributed by atoms with Crippen LogP contribution >= 0.6 is 0 Å². The Kier molecular flexibility index (Phi) is 6.60. The van der Waals surface area contributed by atoms with Gasteiger partial charge in [0.05, 0.1) is 35.7 Å². The third-order valence-electron chi connectivity index (χ3n) is 6.14. The zero-order chi connectivity index (χ0) is 23.6. The van der Waals surface area contributed by atoms with E-state index in [1.807, 2.05) is 12.1 Å². The molecule has 1 unspecified atom stereocenters. The second-order valence-corrected chi connectivity index (χ2v) is 8.36. The van der Waals surface area contributed by atoms with Crippen LogP contribution in [0.4, 0.5) is 13.2 Å². The molecule has 3 aromatic rings. The number of carbonyl (C=O) groups excluding carboxylic acids is 1. The van der Waals surface area contributed by atoms with Crippen molar-refractivity contribution in [2.75, 3.05) is 19.6 Å². The van der Waals surface area contributed by atoms with E-state index in [1.54, 1.807) is 26.2 Å². The minimum absolute atomic E-state index is 0.0264.